The molecule has 19 heavy (non-hydrogen) atoms. The first-order chi connectivity index (χ1) is 8.73. The van der Waals surface area contributed by atoms with E-state index in [2.05, 4.69) is 5.32 Å². The fraction of sp³-hybridized carbons (Fsp3) is 0.833. The summed E-state index contributed by atoms with van der Waals surface area (Å²) in [6, 6.07) is -0.286. The van der Waals surface area contributed by atoms with E-state index in [0.29, 0.717) is 13.2 Å². The molecule has 0 aromatic rings. The quantitative estimate of drug-likeness (QED) is 0.805. The molecule has 2 amide bonds. The number of hydrogen-bond acceptors (Lipinski definition) is 4. The predicted octanol–water partition coefficient (Wildman–Crippen LogP) is 1.14. The van der Waals surface area contributed by atoms with Gasteiger partial charge in [-0.1, -0.05) is 0 Å². The summed E-state index contributed by atoms with van der Waals surface area (Å²) in [6.45, 7) is 6.32. The molecule has 0 radical (unpaired) electrons. The zero-order chi connectivity index (χ0) is 14.6. The molecule has 1 heterocycles. The Kier molecular flexibility index (Phi) is 4.99. The van der Waals surface area contributed by atoms with Gasteiger partial charge in [0.1, 0.15) is 5.60 Å². The highest BCUT2D eigenvalue weighted by Crippen LogP contribution is 2.18. The largest absolute Gasteiger partial charge is 0.465 e. The van der Waals surface area contributed by atoms with Crippen molar-refractivity contribution >= 4 is 12.2 Å². The number of rotatable bonds is 3. The maximum absolute atomic E-state index is 11.7. The summed E-state index contributed by atoms with van der Waals surface area (Å²) in [5.74, 6) is -0.0615. The Morgan fingerprint density at radius 2 is 2.00 bits per heavy atom. The zero-order valence-electron chi connectivity index (χ0n) is 11.8. The van der Waals surface area contributed by atoms with Gasteiger partial charge in [0.2, 0.25) is 0 Å². The van der Waals surface area contributed by atoms with Gasteiger partial charge in [0, 0.05) is 26.1 Å². The second-order valence-corrected chi connectivity index (χ2v) is 5.66. The van der Waals surface area contributed by atoms with E-state index in [1.165, 1.54) is 4.90 Å². The summed E-state index contributed by atoms with van der Waals surface area (Å²) in [7, 11) is 1.55. The Morgan fingerprint density at radius 3 is 2.47 bits per heavy atom. The van der Waals surface area contributed by atoms with E-state index in [0.717, 1.165) is 0 Å². The van der Waals surface area contributed by atoms with Gasteiger partial charge in [-0.05, 0) is 20.8 Å². The van der Waals surface area contributed by atoms with E-state index in [1.807, 2.05) is 0 Å². The lowest BCUT2D eigenvalue weighted by molar-refractivity contribution is 0.0479. The van der Waals surface area contributed by atoms with Gasteiger partial charge in [-0.25, -0.2) is 9.59 Å². The first-order valence-electron chi connectivity index (χ1n) is 6.19. The summed E-state index contributed by atoms with van der Waals surface area (Å²) in [5.41, 5.74) is -0.577. The van der Waals surface area contributed by atoms with Crippen LogP contribution in [0, 0.1) is 5.92 Å². The Bertz CT molecular complexity index is 340. The zero-order valence-corrected chi connectivity index (χ0v) is 11.8. The van der Waals surface area contributed by atoms with E-state index < -0.39 is 17.8 Å². The highest BCUT2D eigenvalue weighted by molar-refractivity contribution is 5.69. The molecule has 0 aromatic carbocycles. The van der Waals surface area contributed by atoms with Crippen molar-refractivity contribution in [3.05, 3.63) is 0 Å². The lowest BCUT2D eigenvalue weighted by Gasteiger charge is -2.23. The fourth-order valence-electron chi connectivity index (χ4n) is 2.03. The van der Waals surface area contributed by atoms with Crippen LogP contribution < -0.4 is 5.32 Å². The van der Waals surface area contributed by atoms with Crippen molar-refractivity contribution in [2.24, 2.45) is 5.92 Å². The average molecular weight is 274 g/mol. The number of carbonyl (C=O) groups is 2. The van der Waals surface area contributed by atoms with E-state index in [-0.39, 0.29) is 18.5 Å². The number of hydrogen-bond donors (Lipinski definition) is 2. The van der Waals surface area contributed by atoms with Crippen molar-refractivity contribution in [3.8, 4) is 0 Å². The van der Waals surface area contributed by atoms with Crippen molar-refractivity contribution < 1.29 is 24.2 Å². The molecule has 0 aromatic heterocycles. The number of amides is 2. The number of likely N-dealkylation sites (tertiary alicyclic amines) is 1. The predicted molar refractivity (Wildman–Crippen MR) is 68.1 cm³/mol. The topological polar surface area (TPSA) is 88.1 Å². The molecule has 1 aliphatic rings. The van der Waals surface area contributed by atoms with E-state index in [9.17, 15) is 9.59 Å². The number of carbonyl (C=O) groups excluding carboxylic acids is 1. The third-order valence-electron chi connectivity index (χ3n) is 2.79. The Morgan fingerprint density at radius 1 is 1.37 bits per heavy atom. The molecule has 0 bridgehead atoms. The molecule has 1 fully saturated rings. The fourth-order valence-corrected chi connectivity index (χ4v) is 2.03. The Hall–Kier alpha value is -1.50. The monoisotopic (exact) mass is 274 g/mol. The van der Waals surface area contributed by atoms with Crippen molar-refractivity contribution in [1.82, 2.24) is 10.2 Å². The van der Waals surface area contributed by atoms with Gasteiger partial charge >= 0.3 is 12.2 Å². The Labute approximate surface area is 112 Å². The minimum absolute atomic E-state index is 0.0615. The smallest absolute Gasteiger partial charge is 0.407 e. The second kappa shape index (κ2) is 6.10. The maximum atomic E-state index is 11.7. The highest BCUT2D eigenvalue weighted by Gasteiger charge is 2.36. The van der Waals surface area contributed by atoms with E-state index >= 15 is 0 Å². The lowest BCUT2D eigenvalue weighted by atomic mass is 10.1. The SMILES string of the molecule is COC[C@@H]1CN(C(=O)O)C[C@@H]1NC(=O)OC(C)(C)C. The van der Waals surface area contributed by atoms with Gasteiger partial charge in [-0.3, -0.25) is 0 Å². The molecule has 110 valence electrons. The number of nitrogens with one attached hydrogen (secondary N) is 1. The lowest BCUT2D eigenvalue weighted by Crippen LogP contribution is -2.44. The molecule has 2 atom stereocenters. The molecule has 2 N–H and O–H groups in total. The van der Waals surface area contributed by atoms with Gasteiger partial charge in [-0.2, -0.15) is 0 Å². The van der Waals surface area contributed by atoms with Crippen LogP contribution in [-0.4, -0.2) is 60.6 Å². The van der Waals surface area contributed by atoms with Gasteiger partial charge in [0.25, 0.3) is 0 Å². The molecule has 7 heteroatoms. The summed E-state index contributed by atoms with van der Waals surface area (Å²) in [5, 5.41) is 11.7. The number of carboxylic acid groups (broad SMARTS) is 1. The van der Waals surface area contributed by atoms with Crippen molar-refractivity contribution in [3.63, 3.8) is 0 Å². The first-order valence-corrected chi connectivity index (χ1v) is 6.19. The number of alkyl carbamates (subject to hydrolysis) is 1. The number of methoxy groups -OCH3 is 1. The first kappa shape index (κ1) is 15.6. The molecular formula is C12H22N2O5. The number of nitrogens with zero attached hydrogens (tertiary/aromatic N) is 1. The van der Waals surface area contributed by atoms with Crippen LogP contribution in [0.15, 0.2) is 0 Å². The Balaban J connectivity index is 2.59. The van der Waals surface area contributed by atoms with Crippen molar-refractivity contribution in [2.45, 2.75) is 32.4 Å². The third kappa shape index (κ3) is 4.94. The van der Waals surface area contributed by atoms with Gasteiger partial charge in [0.05, 0.1) is 12.6 Å². The average Bonchev–Trinajstić information content (AvgIpc) is 2.59. The normalized spacial score (nSPS) is 23.3. The van der Waals surface area contributed by atoms with E-state index in [4.69, 9.17) is 14.6 Å². The van der Waals surface area contributed by atoms with Crippen LogP contribution in [0.1, 0.15) is 20.8 Å². The molecule has 1 rings (SSSR count). The van der Waals surface area contributed by atoms with Gasteiger partial charge in [0.15, 0.2) is 0 Å². The molecule has 1 saturated heterocycles. The third-order valence-corrected chi connectivity index (χ3v) is 2.79. The molecule has 0 spiro atoms. The molecule has 7 nitrogen and oxygen atoms in total. The molecule has 0 saturated carbocycles. The van der Waals surface area contributed by atoms with Crippen molar-refractivity contribution in [1.29, 1.82) is 0 Å². The highest BCUT2D eigenvalue weighted by atomic mass is 16.6. The van der Waals surface area contributed by atoms with E-state index in [1.54, 1.807) is 27.9 Å². The molecule has 0 unspecified atom stereocenters. The van der Waals surface area contributed by atoms with Crippen molar-refractivity contribution in [2.75, 3.05) is 26.8 Å². The van der Waals surface area contributed by atoms with Crippen LogP contribution in [-0.2, 0) is 9.47 Å². The minimum atomic E-state index is -0.991. The number of ether oxygens (including phenoxy) is 2. The van der Waals surface area contributed by atoms with Gasteiger partial charge in [-0.15, -0.1) is 0 Å². The van der Waals surface area contributed by atoms with Crippen LogP contribution in [0.3, 0.4) is 0 Å². The molecular weight excluding hydrogens is 252 g/mol. The van der Waals surface area contributed by atoms with Crippen LogP contribution in [0.4, 0.5) is 9.59 Å². The van der Waals surface area contributed by atoms with Crippen LogP contribution in [0.25, 0.3) is 0 Å². The maximum Gasteiger partial charge on any atom is 0.407 e. The molecule has 0 aliphatic carbocycles. The summed E-state index contributed by atoms with van der Waals surface area (Å²) < 4.78 is 10.2. The van der Waals surface area contributed by atoms with Gasteiger partial charge < -0.3 is 24.8 Å². The summed E-state index contributed by atoms with van der Waals surface area (Å²) >= 11 is 0. The van der Waals surface area contributed by atoms with Crippen LogP contribution in [0.5, 0.6) is 0 Å². The summed E-state index contributed by atoms with van der Waals surface area (Å²) in [6.07, 6.45) is -1.53. The van der Waals surface area contributed by atoms with Crippen LogP contribution in [0.2, 0.25) is 0 Å². The molecule has 1 aliphatic heterocycles. The second-order valence-electron chi connectivity index (χ2n) is 5.66. The minimum Gasteiger partial charge on any atom is -0.465 e. The van der Waals surface area contributed by atoms with Crippen LogP contribution >= 0.6 is 0 Å². The standard InChI is InChI=1S/C12H22N2O5/c1-12(2,3)19-10(15)13-9-6-14(11(16)17)5-8(9)7-18-4/h8-9H,5-7H2,1-4H3,(H,13,15)(H,16,17)/t8-,9-/m0/s1. The summed E-state index contributed by atoms with van der Waals surface area (Å²) in [4.78, 5) is 23.9.